The normalized spacial score (nSPS) is 20.5. The lowest BCUT2D eigenvalue weighted by Crippen LogP contribution is -2.45. The zero-order chi connectivity index (χ0) is 9.03. The van der Waals surface area contributed by atoms with Crippen LogP contribution in [0.3, 0.4) is 0 Å². The van der Waals surface area contributed by atoms with E-state index in [1.165, 1.54) is 19.6 Å². The molecule has 0 unspecified atom stereocenters. The van der Waals surface area contributed by atoms with E-state index in [0.717, 1.165) is 19.3 Å². The van der Waals surface area contributed by atoms with Crippen molar-refractivity contribution in [2.75, 3.05) is 7.11 Å². The van der Waals surface area contributed by atoms with Crippen molar-refractivity contribution in [3.05, 3.63) is 12.2 Å². The molecule has 1 rings (SSSR count). The van der Waals surface area contributed by atoms with Gasteiger partial charge in [0.2, 0.25) is 0 Å². The maximum Gasteiger partial charge on any atom is 0.330 e. The number of nitrogens with two attached hydrogens (primary N) is 1. The average molecular weight is 169 g/mol. The fourth-order valence-electron chi connectivity index (χ4n) is 1.29. The van der Waals surface area contributed by atoms with Gasteiger partial charge in [0.25, 0.3) is 0 Å². The van der Waals surface area contributed by atoms with Crippen molar-refractivity contribution in [1.29, 1.82) is 0 Å². The molecule has 0 aliphatic heterocycles. The molecule has 1 saturated carbocycles. The van der Waals surface area contributed by atoms with E-state index < -0.39 is 0 Å². The predicted octanol–water partition coefficient (Wildman–Crippen LogP) is 0.987. The molecule has 1 aliphatic carbocycles. The molecule has 2 N–H and O–H groups in total. The summed E-state index contributed by atoms with van der Waals surface area (Å²) in [5, 5.41) is 0. The van der Waals surface area contributed by atoms with Gasteiger partial charge in [-0.25, -0.2) is 4.79 Å². The van der Waals surface area contributed by atoms with E-state index in [4.69, 9.17) is 5.73 Å². The number of carbonyl (C=O) groups is 1. The van der Waals surface area contributed by atoms with Gasteiger partial charge in [-0.1, -0.05) is 6.08 Å². The van der Waals surface area contributed by atoms with Crippen LogP contribution in [-0.4, -0.2) is 18.6 Å². The standard InChI is InChI=1S/C9H15NO2/c1-12-8(11)4-2-5-9(10)6-3-7-9/h2,4H,3,5-7,10H2,1H3/b4-2+. The number of hydrogen-bond acceptors (Lipinski definition) is 3. The number of esters is 1. The van der Waals surface area contributed by atoms with Crippen molar-refractivity contribution in [2.24, 2.45) is 5.73 Å². The number of methoxy groups -OCH3 is 1. The fourth-order valence-corrected chi connectivity index (χ4v) is 1.29. The van der Waals surface area contributed by atoms with Crippen molar-refractivity contribution >= 4 is 5.97 Å². The van der Waals surface area contributed by atoms with Crippen LogP contribution >= 0.6 is 0 Å². The minimum atomic E-state index is -0.307. The first kappa shape index (κ1) is 9.26. The highest BCUT2D eigenvalue weighted by molar-refractivity contribution is 5.81. The van der Waals surface area contributed by atoms with Gasteiger partial charge in [0.05, 0.1) is 7.11 Å². The highest BCUT2D eigenvalue weighted by Gasteiger charge is 2.30. The Morgan fingerprint density at radius 2 is 2.33 bits per heavy atom. The molecule has 0 bridgehead atoms. The van der Waals surface area contributed by atoms with E-state index in [-0.39, 0.29) is 11.5 Å². The summed E-state index contributed by atoms with van der Waals surface area (Å²) in [6, 6.07) is 0. The van der Waals surface area contributed by atoms with Crippen molar-refractivity contribution in [3.8, 4) is 0 Å². The monoisotopic (exact) mass is 169 g/mol. The Morgan fingerprint density at radius 3 is 2.75 bits per heavy atom. The average Bonchev–Trinajstić information content (AvgIpc) is 2.01. The number of ether oxygens (including phenoxy) is 1. The molecule has 1 fully saturated rings. The Hall–Kier alpha value is -0.830. The summed E-state index contributed by atoms with van der Waals surface area (Å²) in [6.07, 6.45) is 7.36. The molecule has 68 valence electrons. The van der Waals surface area contributed by atoms with Crippen LogP contribution in [0.25, 0.3) is 0 Å². The van der Waals surface area contributed by atoms with Gasteiger partial charge in [-0.15, -0.1) is 0 Å². The lowest BCUT2D eigenvalue weighted by Gasteiger charge is -2.37. The topological polar surface area (TPSA) is 52.3 Å². The summed E-state index contributed by atoms with van der Waals surface area (Å²) >= 11 is 0. The van der Waals surface area contributed by atoms with Crippen LogP contribution in [0.5, 0.6) is 0 Å². The van der Waals surface area contributed by atoms with Crippen molar-refractivity contribution < 1.29 is 9.53 Å². The van der Waals surface area contributed by atoms with E-state index in [2.05, 4.69) is 4.74 Å². The number of rotatable bonds is 3. The van der Waals surface area contributed by atoms with E-state index >= 15 is 0 Å². The quantitative estimate of drug-likeness (QED) is 0.506. The van der Waals surface area contributed by atoms with Gasteiger partial charge < -0.3 is 10.5 Å². The Balaban J connectivity index is 2.24. The van der Waals surface area contributed by atoms with Crippen LogP contribution < -0.4 is 5.73 Å². The predicted molar refractivity (Wildman–Crippen MR) is 46.5 cm³/mol. The van der Waals surface area contributed by atoms with Crippen LogP contribution in [-0.2, 0) is 9.53 Å². The lowest BCUT2D eigenvalue weighted by molar-refractivity contribution is -0.134. The van der Waals surface area contributed by atoms with Gasteiger partial charge in [0, 0.05) is 11.6 Å². The van der Waals surface area contributed by atoms with Crippen LogP contribution in [0.15, 0.2) is 12.2 Å². The van der Waals surface area contributed by atoms with Gasteiger partial charge in [-0.3, -0.25) is 0 Å². The fraction of sp³-hybridized carbons (Fsp3) is 0.667. The molecule has 0 saturated heterocycles. The van der Waals surface area contributed by atoms with Crippen molar-refractivity contribution in [2.45, 2.75) is 31.2 Å². The third-order valence-corrected chi connectivity index (χ3v) is 2.33. The molecule has 3 nitrogen and oxygen atoms in total. The molecule has 0 amide bonds. The van der Waals surface area contributed by atoms with Crippen LogP contribution in [0.4, 0.5) is 0 Å². The molecular formula is C9H15NO2. The Labute approximate surface area is 72.6 Å². The molecule has 0 aromatic heterocycles. The van der Waals surface area contributed by atoms with Gasteiger partial charge in [-0.2, -0.15) is 0 Å². The number of hydrogen-bond donors (Lipinski definition) is 1. The first-order valence-corrected chi connectivity index (χ1v) is 4.20. The van der Waals surface area contributed by atoms with Crippen molar-refractivity contribution in [3.63, 3.8) is 0 Å². The Bertz CT molecular complexity index is 195. The summed E-state index contributed by atoms with van der Waals surface area (Å²) in [6.45, 7) is 0. The third kappa shape index (κ3) is 2.34. The maximum atomic E-state index is 10.7. The van der Waals surface area contributed by atoms with Gasteiger partial charge in [0.15, 0.2) is 0 Å². The van der Waals surface area contributed by atoms with Crippen LogP contribution in [0.1, 0.15) is 25.7 Å². The molecule has 1 aliphatic rings. The van der Waals surface area contributed by atoms with Crippen molar-refractivity contribution in [1.82, 2.24) is 0 Å². The van der Waals surface area contributed by atoms with E-state index in [9.17, 15) is 4.79 Å². The summed E-state index contributed by atoms with van der Waals surface area (Å²) in [5.74, 6) is -0.307. The summed E-state index contributed by atoms with van der Waals surface area (Å²) in [7, 11) is 1.37. The molecule has 0 atom stereocenters. The lowest BCUT2D eigenvalue weighted by atomic mass is 9.75. The zero-order valence-corrected chi connectivity index (χ0v) is 7.38. The first-order chi connectivity index (χ1) is 5.66. The van der Waals surface area contributed by atoms with E-state index in [1.54, 1.807) is 6.08 Å². The molecule has 0 heterocycles. The minimum Gasteiger partial charge on any atom is -0.466 e. The van der Waals surface area contributed by atoms with E-state index in [1.807, 2.05) is 0 Å². The van der Waals surface area contributed by atoms with Gasteiger partial charge >= 0.3 is 5.97 Å². The molecule has 0 radical (unpaired) electrons. The first-order valence-electron chi connectivity index (χ1n) is 4.20. The summed E-state index contributed by atoms with van der Waals surface area (Å²) in [4.78, 5) is 10.7. The maximum absolute atomic E-state index is 10.7. The Kier molecular flexibility index (Phi) is 2.87. The molecular weight excluding hydrogens is 154 g/mol. The SMILES string of the molecule is COC(=O)/C=C/CC1(N)CCC1. The highest BCUT2D eigenvalue weighted by Crippen LogP contribution is 2.32. The second-order valence-corrected chi connectivity index (χ2v) is 3.35. The van der Waals surface area contributed by atoms with Crippen LogP contribution in [0.2, 0.25) is 0 Å². The van der Waals surface area contributed by atoms with E-state index in [0.29, 0.717) is 0 Å². The minimum absolute atomic E-state index is 0.0372. The zero-order valence-electron chi connectivity index (χ0n) is 7.38. The molecule has 0 aromatic rings. The van der Waals surface area contributed by atoms with Crippen LogP contribution in [0, 0.1) is 0 Å². The molecule has 12 heavy (non-hydrogen) atoms. The Morgan fingerprint density at radius 1 is 1.67 bits per heavy atom. The second-order valence-electron chi connectivity index (χ2n) is 3.35. The molecule has 0 spiro atoms. The summed E-state index contributed by atoms with van der Waals surface area (Å²) in [5.41, 5.74) is 5.89. The molecule has 0 aromatic carbocycles. The molecule has 3 heteroatoms. The summed E-state index contributed by atoms with van der Waals surface area (Å²) < 4.78 is 4.45. The third-order valence-electron chi connectivity index (χ3n) is 2.33. The smallest absolute Gasteiger partial charge is 0.330 e. The largest absolute Gasteiger partial charge is 0.466 e. The van der Waals surface area contributed by atoms with Gasteiger partial charge in [-0.05, 0) is 25.7 Å². The highest BCUT2D eigenvalue weighted by atomic mass is 16.5. The second kappa shape index (κ2) is 3.72. The number of carbonyl (C=O) groups excluding carboxylic acids is 1. The van der Waals surface area contributed by atoms with Gasteiger partial charge in [0.1, 0.15) is 0 Å².